The highest BCUT2D eigenvalue weighted by molar-refractivity contribution is 7.89. The molecule has 0 spiro atoms. The molecular formula is C24H33N3O3S. The summed E-state index contributed by atoms with van der Waals surface area (Å²) in [5, 5.41) is 2.97. The number of aryl methyl sites for hydroxylation is 1. The van der Waals surface area contributed by atoms with E-state index in [-0.39, 0.29) is 16.7 Å². The molecule has 1 saturated heterocycles. The molecule has 2 aromatic rings. The molecule has 0 bridgehead atoms. The summed E-state index contributed by atoms with van der Waals surface area (Å²) in [5.74, 6) is -0.0776. The molecule has 1 N–H and O–H groups in total. The molecule has 6 nitrogen and oxygen atoms in total. The van der Waals surface area contributed by atoms with Gasteiger partial charge in [-0.15, -0.1) is 0 Å². The van der Waals surface area contributed by atoms with Gasteiger partial charge in [-0.1, -0.05) is 43.7 Å². The Balaban J connectivity index is 1.60. The van der Waals surface area contributed by atoms with Gasteiger partial charge in [-0.2, -0.15) is 4.31 Å². The summed E-state index contributed by atoms with van der Waals surface area (Å²) in [7, 11) is -3.49. The van der Waals surface area contributed by atoms with Crippen LogP contribution in [-0.2, 0) is 21.4 Å². The maximum Gasteiger partial charge on any atom is 0.243 e. The van der Waals surface area contributed by atoms with Crippen LogP contribution in [0.25, 0.3) is 0 Å². The number of nitrogens with one attached hydrogen (secondary N) is 1. The molecule has 1 atom stereocenters. The van der Waals surface area contributed by atoms with E-state index in [0.717, 1.165) is 32.5 Å². The lowest BCUT2D eigenvalue weighted by molar-refractivity contribution is -0.121. The van der Waals surface area contributed by atoms with E-state index in [4.69, 9.17) is 0 Å². The minimum Gasteiger partial charge on any atom is -0.326 e. The fourth-order valence-electron chi connectivity index (χ4n) is 4.03. The predicted molar refractivity (Wildman–Crippen MR) is 124 cm³/mol. The van der Waals surface area contributed by atoms with Crippen LogP contribution in [0.5, 0.6) is 0 Å². The first kappa shape index (κ1) is 23.4. The molecule has 1 aliphatic rings. The van der Waals surface area contributed by atoms with E-state index in [2.05, 4.69) is 41.4 Å². The molecule has 0 radical (unpaired) electrons. The van der Waals surface area contributed by atoms with Crippen LogP contribution in [0.15, 0.2) is 53.4 Å². The van der Waals surface area contributed by atoms with Crippen LogP contribution in [0.4, 0.5) is 5.69 Å². The average Bonchev–Trinajstić information content (AvgIpc) is 2.76. The molecule has 3 rings (SSSR count). The zero-order valence-electron chi connectivity index (χ0n) is 18.7. The minimum absolute atomic E-state index is 0.00652. The number of benzene rings is 2. The van der Waals surface area contributed by atoms with Crippen molar-refractivity contribution >= 4 is 21.6 Å². The number of anilines is 1. The number of sulfonamides is 1. The van der Waals surface area contributed by atoms with Crippen LogP contribution in [0.2, 0.25) is 0 Å². The minimum atomic E-state index is -3.49. The van der Waals surface area contributed by atoms with Crippen LogP contribution in [0.3, 0.4) is 0 Å². The van der Waals surface area contributed by atoms with Crippen molar-refractivity contribution in [3.8, 4) is 0 Å². The third kappa shape index (κ3) is 5.93. The van der Waals surface area contributed by atoms with Gasteiger partial charge in [0.05, 0.1) is 10.8 Å². The van der Waals surface area contributed by atoms with Crippen LogP contribution >= 0.6 is 0 Å². The smallest absolute Gasteiger partial charge is 0.243 e. The molecule has 0 aliphatic carbocycles. The van der Waals surface area contributed by atoms with Crippen LogP contribution in [-0.4, -0.2) is 49.7 Å². The third-order valence-electron chi connectivity index (χ3n) is 5.87. The Morgan fingerprint density at radius 1 is 1.06 bits per heavy atom. The van der Waals surface area contributed by atoms with Crippen molar-refractivity contribution in [1.29, 1.82) is 0 Å². The van der Waals surface area contributed by atoms with Crippen LogP contribution < -0.4 is 5.32 Å². The standard InChI is InChI=1S/C24H33N3O3S/c1-4-27(5-2)31(29,30)23-14-12-22(13-15-23)25-24(28)21-7-6-16-26(18-21)17-20-10-8-19(3)9-11-20/h8-15,21H,4-7,16-18H2,1-3H3,(H,25,28). The van der Waals surface area contributed by atoms with Crippen molar-refractivity contribution in [3.63, 3.8) is 0 Å². The Morgan fingerprint density at radius 2 is 1.71 bits per heavy atom. The second-order valence-electron chi connectivity index (χ2n) is 8.16. The summed E-state index contributed by atoms with van der Waals surface area (Å²) in [6, 6.07) is 15.0. The molecule has 1 heterocycles. The van der Waals surface area contributed by atoms with Gasteiger partial charge in [-0.25, -0.2) is 8.42 Å². The van der Waals surface area contributed by atoms with Gasteiger partial charge < -0.3 is 5.32 Å². The Morgan fingerprint density at radius 3 is 2.32 bits per heavy atom. The number of nitrogens with zero attached hydrogens (tertiary/aromatic N) is 2. The first-order valence-electron chi connectivity index (χ1n) is 11.0. The van der Waals surface area contributed by atoms with Gasteiger partial charge in [0, 0.05) is 31.9 Å². The van der Waals surface area contributed by atoms with Gasteiger partial charge in [0.1, 0.15) is 0 Å². The molecule has 0 saturated carbocycles. The third-order valence-corrected chi connectivity index (χ3v) is 7.93. The maximum absolute atomic E-state index is 12.8. The average molecular weight is 444 g/mol. The summed E-state index contributed by atoms with van der Waals surface area (Å²) in [4.78, 5) is 15.4. The monoisotopic (exact) mass is 443 g/mol. The number of amides is 1. The van der Waals surface area contributed by atoms with E-state index in [1.54, 1.807) is 24.3 Å². The van der Waals surface area contributed by atoms with Crippen molar-refractivity contribution in [3.05, 3.63) is 59.7 Å². The van der Waals surface area contributed by atoms with E-state index in [9.17, 15) is 13.2 Å². The Bertz CT molecular complexity index is 968. The number of hydrogen-bond acceptors (Lipinski definition) is 4. The van der Waals surface area contributed by atoms with Gasteiger partial charge in [0.15, 0.2) is 0 Å². The molecule has 31 heavy (non-hydrogen) atoms. The zero-order valence-corrected chi connectivity index (χ0v) is 19.5. The highest BCUT2D eigenvalue weighted by atomic mass is 32.2. The van der Waals surface area contributed by atoms with E-state index in [1.807, 2.05) is 13.8 Å². The molecule has 0 aromatic heterocycles. The van der Waals surface area contributed by atoms with E-state index < -0.39 is 10.0 Å². The van der Waals surface area contributed by atoms with Crippen molar-refractivity contribution < 1.29 is 13.2 Å². The summed E-state index contributed by atoms with van der Waals surface area (Å²) in [6.07, 6.45) is 1.86. The van der Waals surface area contributed by atoms with Crippen molar-refractivity contribution in [2.75, 3.05) is 31.5 Å². The first-order valence-corrected chi connectivity index (χ1v) is 12.5. The van der Waals surface area contributed by atoms with Crippen LogP contribution in [0.1, 0.15) is 37.8 Å². The largest absolute Gasteiger partial charge is 0.326 e. The fourth-order valence-corrected chi connectivity index (χ4v) is 5.49. The van der Waals surface area contributed by atoms with Gasteiger partial charge in [0.2, 0.25) is 15.9 Å². The molecule has 2 aromatic carbocycles. The highest BCUT2D eigenvalue weighted by Crippen LogP contribution is 2.22. The Labute approximate surface area is 186 Å². The number of carbonyl (C=O) groups excluding carboxylic acids is 1. The van der Waals surface area contributed by atoms with Crippen molar-refractivity contribution in [2.45, 2.75) is 45.1 Å². The number of piperidine rings is 1. The normalized spacial score (nSPS) is 17.6. The summed E-state index contributed by atoms with van der Waals surface area (Å²) >= 11 is 0. The van der Waals surface area contributed by atoms with Crippen molar-refractivity contribution in [2.24, 2.45) is 5.92 Å². The molecule has 1 fully saturated rings. The quantitative estimate of drug-likeness (QED) is 0.672. The number of hydrogen-bond donors (Lipinski definition) is 1. The molecular weight excluding hydrogens is 410 g/mol. The maximum atomic E-state index is 12.8. The van der Waals surface area contributed by atoms with E-state index in [1.165, 1.54) is 15.4 Å². The molecule has 1 aliphatic heterocycles. The van der Waals surface area contributed by atoms with Crippen molar-refractivity contribution in [1.82, 2.24) is 9.21 Å². The lowest BCUT2D eigenvalue weighted by Crippen LogP contribution is -2.40. The number of rotatable bonds is 8. The summed E-state index contributed by atoms with van der Waals surface area (Å²) in [5.41, 5.74) is 3.13. The molecule has 1 unspecified atom stereocenters. The van der Waals surface area contributed by atoms with Gasteiger partial charge in [-0.3, -0.25) is 9.69 Å². The first-order chi connectivity index (χ1) is 14.8. The lowest BCUT2D eigenvalue weighted by Gasteiger charge is -2.32. The molecule has 168 valence electrons. The topological polar surface area (TPSA) is 69.7 Å². The number of likely N-dealkylation sites (tertiary alicyclic amines) is 1. The molecule has 7 heteroatoms. The van der Waals surface area contributed by atoms with Gasteiger partial charge >= 0.3 is 0 Å². The fraction of sp³-hybridized carbons (Fsp3) is 0.458. The predicted octanol–water partition coefficient (Wildman–Crippen LogP) is 3.88. The highest BCUT2D eigenvalue weighted by Gasteiger charge is 2.26. The second kappa shape index (κ2) is 10.4. The van der Waals surface area contributed by atoms with Gasteiger partial charge in [0.25, 0.3) is 0 Å². The SMILES string of the molecule is CCN(CC)S(=O)(=O)c1ccc(NC(=O)C2CCCN(Cc3ccc(C)cc3)C2)cc1. The number of carbonyl (C=O) groups is 1. The Kier molecular flexibility index (Phi) is 7.86. The lowest BCUT2D eigenvalue weighted by atomic mass is 9.96. The van der Waals surface area contributed by atoms with Gasteiger partial charge in [-0.05, 0) is 56.1 Å². The van der Waals surface area contributed by atoms with E-state index >= 15 is 0 Å². The summed E-state index contributed by atoms with van der Waals surface area (Å²) in [6.45, 7) is 9.16. The van der Waals surface area contributed by atoms with Crippen LogP contribution in [0, 0.1) is 12.8 Å². The van der Waals surface area contributed by atoms with E-state index in [0.29, 0.717) is 18.8 Å². The zero-order chi connectivity index (χ0) is 22.4. The second-order valence-corrected chi connectivity index (χ2v) is 10.1. The molecule has 1 amide bonds. The summed E-state index contributed by atoms with van der Waals surface area (Å²) < 4.78 is 26.6. The Hall–Kier alpha value is -2.22.